The summed E-state index contributed by atoms with van der Waals surface area (Å²) in [6.45, 7) is 4.07. The highest BCUT2D eigenvalue weighted by atomic mass is 32.2. The standard InChI is InChI=1S/C14H16N2O3S/c1-10(2)11-4-3-5-12(8-11)16-20(18,19)13-6-7-14(17)15-9-13/h3-10,16H,1-2H3,(H,15,17). The summed E-state index contributed by atoms with van der Waals surface area (Å²) in [5.41, 5.74) is 1.21. The lowest BCUT2D eigenvalue weighted by Gasteiger charge is -2.10. The third-order valence-electron chi connectivity index (χ3n) is 2.87. The Balaban J connectivity index is 2.31. The molecule has 0 amide bonds. The second kappa shape index (κ2) is 5.50. The van der Waals surface area contributed by atoms with Crippen LogP contribution in [-0.2, 0) is 10.0 Å². The normalized spacial score (nSPS) is 11.6. The molecule has 0 spiro atoms. The van der Waals surface area contributed by atoms with Crippen molar-refractivity contribution in [3.63, 3.8) is 0 Å². The average Bonchev–Trinajstić information content (AvgIpc) is 2.39. The largest absolute Gasteiger partial charge is 0.328 e. The van der Waals surface area contributed by atoms with Crippen molar-refractivity contribution >= 4 is 15.7 Å². The molecule has 0 fully saturated rings. The van der Waals surface area contributed by atoms with Crippen LogP contribution in [0.25, 0.3) is 0 Å². The molecule has 1 aromatic carbocycles. The van der Waals surface area contributed by atoms with Gasteiger partial charge >= 0.3 is 0 Å². The van der Waals surface area contributed by atoms with Crippen LogP contribution in [0.2, 0.25) is 0 Å². The van der Waals surface area contributed by atoms with E-state index in [2.05, 4.69) is 9.71 Å². The monoisotopic (exact) mass is 292 g/mol. The molecule has 0 saturated heterocycles. The van der Waals surface area contributed by atoms with E-state index in [1.807, 2.05) is 19.9 Å². The lowest BCUT2D eigenvalue weighted by Crippen LogP contribution is -2.15. The highest BCUT2D eigenvalue weighted by molar-refractivity contribution is 7.92. The van der Waals surface area contributed by atoms with Crippen LogP contribution < -0.4 is 10.3 Å². The maximum absolute atomic E-state index is 12.2. The molecule has 2 rings (SSSR count). The summed E-state index contributed by atoms with van der Waals surface area (Å²) in [6, 6.07) is 9.69. The number of hydrogen-bond acceptors (Lipinski definition) is 3. The molecule has 20 heavy (non-hydrogen) atoms. The quantitative estimate of drug-likeness (QED) is 0.907. The van der Waals surface area contributed by atoms with Gasteiger partial charge in [0.15, 0.2) is 0 Å². The minimum absolute atomic E-state index is 0.0204. The molecule has 0 atom stereocenters. The molecule has 0 aliphatic rings. The summed E-state index contributed by atoms with van der Waals surface area (Å²) in [7, 11) is -3.69. The van der Waals surface area contributed by atoms with Gasteiger partial charge in [0.05, 0.1) is 0 Å². The third kappa shape index (κ3) is 3.27. The zero-order chi connectivity index (χ0) is 14.8. The molecule has 0 radical (unpaired) electrons. The van der Waals surface area contributed by atoms with Crippen LogP contribution >= 0.6 is 0 Å². The number of aromatic nitrogens is 1. The van der Waals surface area contributed by atoms with Gasteiger partial charge in [-0.15, -0.1) is 0 Å². The highest BCUT2D eigenvalue weighted by Gasteiger charge is 2.14. The Kier molecular flexibility index (Phi) is 3.94. The first-order chi connectivity index (χ1) is 9.38. The predicted molar refractivity (Wildman–Crippen MR) is 78.4 cm³/mol. The Morgan fingerprint density at radius 1 is 1.15 bits per heavy atom. The van der Waals surface area contributed by atoms with Gasteiger partial charge < -0.3 is 4.98 Å². The number of aromatic amines is 1. The summed E-state index contributed by atoms with van der Waals surface area (Å²) >= 11 is 0. The van der Waals surface area contributed by atoms with Gasteiger partial charge in [-0.1, -0.05) is 26.0 Å². The predicted octanol–water partition coefficient (Wildman–Crippen LogP) is 2.30. The number of rotatable bonds is 4. The fraction of sp³-hybridized carbons (Fsp3) is 0.214. The molecule has 2 aromatic rings. The van der Waals surface area contributed by atoms with Gasteiger partial charge in [0, 0.05) is 18.0 Å². The Bertz CT molecular complexity index is 743. The van der Waals surface area contributed by atoms with Gasteiger partial charge in [-0.05, 0) is 29.7 Å². The molecule has 0 aliphatic heterocycles. The van der Waals surface area contributed by atoms with Crippen LogP contribution in [0, 0.1) is 0 Å². The van der Waals surface area contributed by atoms with Crippen LogP contribution in [0.5, 0.6) is 0 Å². The molecule has 0 bridgehead atoms. The third-order valence-corrected chi connectivity index (χ3v) is 4.25. The van der Waals surface area contributed by atoms with Gasteiger partial charge in [0.1, 0.15) is 4.90 Å². The van der Waals surface area contributed by atoms with Crippen molar-refractivity contribution in [2.24, 2.45) is 0 Å². The van der Waals surface area contributed by atoms with Gasteiger partial charge in [-0.2, -0.15) is 0 Å². The molecule has 1 heterocycles. The number of benzene rings is 1. The Labute approximate surface area is 117 Å². The number of H-pyrrole nitrogens is 1. The van der Waals surface area contributed by atoms with Crippen molar-refractivity contribution in [3.8, 4) is 0 Å². The van der Waals surface area contributed by atoms with Crippen LogP contribution in [0.4, 0.5) is 5.69 Å². The first-order valence-corrected chi connectivity index (χ1v) is 7.68. The topological polar surface area (TPSA) is 79.0 Å². The summed E-state index contributed by atoms with van der Waals surface area (Å²) in [6.07, 6.45) is 1.18. The minimum Gasteiger partial charge on any atom is -0.328 e. The van der Waals surface area contributed by atoms with Crippen LogP contribution in [-0.4, -0.2) is 13.4 Å². The number of hydrogen-bond donors (Lipinski definition) is 2. The SMILES string of the molecule is CC(C)c1cccc(NS(=O)(=O)c2ccc(=O)[nH]c2)c1. The molecular formula is C14H16N2O3S. The molecule has 5 nitrogen and oxygen atoms in total. The lowest BCUT2D eigenvalue weighted by molar-refractivity contribution is 0.600. The van der Waals surface area contributed by atoms with Crippen molar-refractivity contribution in [1.29, 1.82) is 0 Å². The Hall–Kier alpha value is -2.08. The fourth-order valence-corrected chi connectivity index (χ4v) is 2.76. The fourth-order valence-electron chi connectivity index (χ4n) is 1.74. The number of nitrogens with one attached hydrogen (secondary N) is 2. The molecule has 1 aromatic heterocycles. The van der Waals surface area contributed by atoms with E-state index in [0.29, 0.717) is 11.6 Å². The van der Waals surface area contributed by atoms with Gasteiger partial charge in [-0.25, -0.2) is 8.42 Å². The number of sulfonamides is 1. The van der Waals surface area contributed by atoms with Gasteiger partial charge in [0.25, 0.3) is 10.0 Å². The molecule has 0 saturated carbocycles. The van der Waals surface area contributed by atoms with Gasteiger partial charge in [-0.3, -0.25) is 9.52 Å². The highest BCUT2D eigenvalue weighted by Crippen LogP contribution is 2.20. The first-order valence-electron chi connectivity index (χ1n) is 6.20. The van der Waals surface area contributed by atoms with Crippen molar-refractivity contribution < 1.29 is 8.42 Å². The maximum atomic E-state index is 12.2. The zero-order valence-electron chi connectivity index (χ0n) is 11.3. The molecule has 6 heteroatoms. The zero-order valence-corrected chi connectivity index (χ0v) is 12.1. The average molecular weight is 292 g/mol. The lowest BCUT2D eigenvalue weighted by atomic mass is 10.0. The molecule has 0 aliphatic carbocycles. The van der Waals surface area contributed by atoms with Crippen LogP contribution in [0.15, 0.2) is 52.3 Å². The Morgan fingerprint density at radius 3 is 2.50 bits per heavy atom. The molecule has 0 unspecified atom stereocenters. The summed E-state index contributed by atoms with van der Waals surface area (Å²) < 4.78 is 26.8. The van der Waals surface area contributed by atoms with Crippen molar-refractivity contribution in [1.82, 2.24) is 4.98 Å². The number of pyridine rings is 1. The van der Waals surface area contributed by atoms with E-state index in [1.165, 1.54) is 18.3 Å². The first kappa shape index (κ1) is 14.3. The summed E-state index contributed by atoms with van der Waals surface area (Å²) in [5, 5.41) is 0. The van der Waals surface area contributed by atoms with Crippen molar-refractivity contribution in [2.45, 2.75) is 24.7 Å². The number of anilines is 1. The van der Waals surface area contributed by atoms with E-state index < -0.39 is 10.0 Å². The van der Waals surface area contributed by atoms with E-state index in [9.17, 15) is 13.2 Å². The van der Waals surface area contributed by atoms with E-state index in [-0.39, 0.29) is 10.5 Å². The van der Waals surface area contributed by atoms with E-state index in [4.69, 9.17) is 0 Å². The summed E-state index contributed by atoms with van der Waals surface area (Å²) in [4.78, 5) is 13.3. The molecule has 106 valence electrons. The van der Waals surface area contributed by atoms with Crippen LogP contribution in [0.1, 0.15) is 25.3 Å². The van der Waals surface area contributed by atoms with E-state index in [1.54, 1.807) is 18.2 Å². The van der Waals surface area contributed by atoms with E-state index in [0.717, 1.165) is 5.56 Å². The van der Waals surface area contributed by atoms with Crippen molar-refractivity contribution in [2.75, 3.05) is 4.72 Å². The Morgan fingerprint density at radius 2 is 1.90 bits per heavy atom. The minimum atomic E-state index is -3.69. The summed E-state index contributed by atoms with van der Waals surface area (Å²) in [5.74, 6) is 0.313. The maximum Gasteiger partial charge on any atom is 0.263 e. The van der Waals surface area contributed by atoms with Crippen LogP contribution in [0.3, 0.4) is 0 Å². The smallest absolute Gasteiger partial charge is 0.263 e. The molecule has 2 N–H and O–H groups in total. The van der Waals surface area contributed by atoms with E-state index >= 15 is 0 Å². The second-order valence-corrected chi connectivity index (χ2v) is 6.46. The van der Waals surface area contributed by atoms with Crippen molar-refractivity contribution in [3.05, 3.63) is 58.5 Å². The van der Waals surface area contributed by atoms with Gasteiger partial charge in [0.2, 0.25) is 5.56 Å². The second-order valence-electron chi connectivity index (χ2n) is 4.77. The molecular weight excluding hydrogens is 276 g/mol.